The largest absolute Gasteiger partial charge is 0.369 e. The van der Waals surface area contributed by atoms with Gasteiger partial charge in [-0.25, -0.2) is 9.97 Å². The van der Waals surface area contributed by atoms with Gasteiger partial charge in [-0.3, -0.25) is 4.79 Å². The smallest absolute Gasteiger partial charge is 0.251 e. The van der Waals surface area contributed by atoms with Crippen LogP contribution in [0.3, 0.4) is 0 Å². The van der Waals surface area contributed by atoms with Crippen LogP contribution in [0.1, 0.15) is 35.7 Å². The summed E-state index contributed by atoms with van der Waals surface area (Å²) >= 11 is 0. The molecule has 3 aliphatic heterocycles. The number of nitrogens with zero attached hydrogens (tertiary/aromatic N) is 3. The number of aromatic nitrogens is 2. The molecule has 4 heterocycles. The standard InChI is InChI=1S/C22H26N4O2/c1-2-15-4-6-16(7-5-15)20(27)25-12-17-18-13-26(21-23-10-3-11-24-21)14-22(18)9-8-19(17)28-22/h3-7,10-11,17-19H,2,8-9,12-14H2,1H3,(H,25,27)/t17-,18+,19+,22+/m0/s1. The number of nitrogens with one attached hydrogen (secondary N) is 1. The fourth-order valence-corrected chi connectivity index (χ4v) is 5.27. The number of aryl methyl sites for hydroxylation is 1. The molecule has 6 nitrogen and oxygen atoms in total. The first-order valence-electron chi connectivity index (χ1n) is 10.3. The zero-order valence-corrected chi connectivity index (χ0v) is 16.2. The Labute approximate surface area is 165 Å². The first kappa shape index (κ1) is 17.6. The highest BCUT2D eigenvalue weighted by Gasteiger charge is 2.63. The van der Waals surface area contributed by atoms with Crippen LogP contribution in [-0.4, -0.2) is 47.2 Å². The van der Waals surface area contributed by atoms with E-state index in [9.17, 15) is 4.79 Å². The molecule has 0 aliphatic carbocycles. The van der Waals surface area contributed by atoms with Gasteiger partial charge in [0.15, 0.2) is 0 Å². The maximum absolute atomic E-state index is 12.6. The minimum atomic E-state index is -0.0952. The molecule has 1 amide bonds. The van der Waals surface area contributed by atoms with E-state index in [1.807, 2.05) is 30.3 Å². The van der Waals surface area contributed by atoms with Crippen molar-refractivity contribution in [2.75, 3.05) is 24.5 Å². The third kappa shape index (κ3) is 2.87. The lowest BCUT2D eigenvalue weighted by atomic mass is 9.73. The Morgan fingerprint density at radius 2 is 2.07 bits per heavy atom. The van der Waals surface area contributed by atoms with Crippen LogP contribution in [0.5, 0.6) is 0 Å². The first-order valence-corrected chi connectivity index (χ1v) is 10.3. The molecule has 5 rings (SSSR count). The highest BCUT2D eigenvalue weighted by atomic mass is 16.5. The van der Waals surface area contributed by atoms with Crippen molar-refractivity contribution in [3.05, 3.63) is 53.9 Å². The number of hydrogen-bond donors (Lipinski definition) is 1. The van der Waals surface area contributed by atoms with E-state index in [-0.39, 0.29) is 17.6 Å². The Hall–Kier alpha value is -2.47. The number of carbonyl (C=O) groups is 1. The molecule has 3 aliphatic rings. The van der Waals surface area contributed by atoms with Crippen LogP contribution in [0.15, 0.2) is 42.7 Å². The third-order valence-corrected chi connectivity index (χ3v) is 6.74. The average Bonchev–Trinajstić information content (AvgIpc) is 3.41. The Bertz CT molecular complexity index is 857. The minimum absolute atomic E-state index is 0.000669. The highest BCUT2D eigenvalue weighted by Crippen LogP contribution is 2.54. The second kappa shape index (κ2) is 6.85. The van der Waals surface area contributed by atoms with Gasteiger partial charge in [-0.05, 0) is 43.0 Å². The van der Waals surface area contributed by atoms with E-state index in [0.29, 0.717) is 18.4 Å². The number of amides is 1. The van der Waals surface area contributed by atoms with E-state index in [2.05, 4.69) is 27.1 Å². The molecule has 6 heteroatoms. The van der Waals surface area contributed by atoms with Gasteiger partial charge in [0.05, 0.1) is 18.2 Å². The summed E-state index contributed by atoms with van der Waals surface area (Å²) in [5, 5.41) is 3.16. The number of hydrogen-bond acceptors (Lipinski definition) is 5. The number of benzene rings is 1. The molecule has 0 unspecified atom stereocenters. The highest BCUT2D eigenvalue weighted by molar-refractivity contribution is 5.94. The van der Waals surface area contributed by atoms with Crippen LogP contribution in [0.25, 0.3) is 0 Å². The molecular formula is C22H26N4O2. The van der Waals surface area contributed by atoms with Crippen molar-refractivity contribution in [2.24, 2.45) is 11.8 Å². The minimum Gasteiger partial charge on any atom is -0.369 e. The van der Waals surface area contributed by atoms with Crippen molar-refractivity contribution in [2.45, 2.75) is 37.9 Å². The van der Waals surface area contributed by atoms with Crippen molar-refractivity contribution in [1.29, 1.82) is 0 Å². The summed E-state index contributed by atoms with van der Waals surface area (Å²) in [6.45, 7) is 4.52. The Morgan fingerprint density at radius 1 is 1.29 bits per heavy atom. The van der Waals surface area contributed by atoms with Gasteiger partial charge in [-0.15, -0.1) is 0 Å². The van der Waals surface area contributed by atoms with Crippen molar-refractivity contribution in [3.8, 4) is 0 Å². The van der Waals surface area contributed by atoms with E-state index in [1.165, 1.54) is 5.56 Å². The van der Waals surface area contributed by atoms with Crippen molar-refractivity contribution in [3.63, 3.8) is 0 Å². The van der Waals surface area contributed by atoms with Crippen molar-refractivity contribution < 1.29 is 9.53 Å². The second-order valence-electron chi connectivity index (χ2n) is 8.22. The van der Waals surface area contributed by atoms with E-state index in [0.717, 1.165) is 43.9 Å². The molecule has 1 aromatic carbocycles. The van der Waals surface area contributed by atoms with Gasteiger partial charge in [0.25, 0.3) is 5.91 Å². The molecule has 2 bridgehead atoms. The fourth-order valence-electron chi connectivity index (χ4n) is 5.27. The zero-order chi connectivity index (χ0) is 19.1. The maximum atomic E-state index is 12.6. The number of ether oxygens (including phenoxy) is 1. The molecule has 2 aromatic rings. The Balaban J connectivity index is 1.27. The van der Waals surface area contributed by atoms with Crippen LogP contribution in [0.4, 0.5) is 5.95 Å². The Kier molecular flexibility index (Phi) is 4.31. The summed E-state index contributed by atoms with van der Waals surface area (Å²) in [7, 11) is 0. The topological polar surface area (TPSA) is 67.4 Å². The number of anilines is 1. The van der Waals surface area contributed by atoms with E-state index >= 15 is 0 Å². The number of fused-ring (bicyclic) bond motifs is 1. The predicted molar refractivity (Wildman–Crippen MR) is 106 cm³/mol. The predicted octanol–water partition coefficient (Wildman–Crippen LogP) is 2.45. The Morgan fingerprint density at radius 3 is 2.82 bits per heavy atom. The number of carbonyl (C=O) groups excluding carboxylic acids is 1. The summed E-state index contributed by atoms with van der Waals surface area (Å²) < 4.78 is 6.47. The molecule has 3 saturated heterocycles. The lowest BCUT2D eigenvalue weighted by molar-refractivity contribution is 0.0141. The normalized spacial score (nSPS) is 30.5. The summed E-state index contributed by atoms with van der Waals surface area (Å²) in [5.74, 6) is 1.54. The molecule has 1 spiro atoms. The average molecular weight is 378 g/mol. The van der Waals surface area contributed by atoms with Crippen LogP contribution < -0.4 is 10.2 Å². The van der Waals surface area contributed by atoms with Gasteiger partial charge in [0, 0.05) is 42.9 Å². The first-order chi connectivity index (χ1) is 13.7. The van der Waals surface area contributed by atoms with Gasteiger partial charge < -0.3 is 15.0 Å². The molecule has 0 radical (unpaired) electrons. The molecular weight excluding hydrogens is 352 g/mol. The van der Waals surface area contributed by atoms with E-state index in [4.69, 9.17) is 4.74 Å². The molecule has 28 heavy (non-hydrogen) atoms. The summed E-state index contributed by atoms with van der Waals surface area (Å²) in [6, 6.07) is 9.72. The van der Waals surface area contributed by atoms with Gasteiger partial charge in [-0.1, -0.05) is 19.1 Å². The quantitative estimate of drug-likeness (QED) is 0.866. The van der Waals surface area contributed by atoms with E-state index < -0.39 is 0 Å². The van der Waals surface area contributed by atoms with Crippen molar-refractivity contribution in [1.82, 2.24) is 15.3 Å². The summed E-state index contributed by atoms with van der Waals surface area (Å²) in [4.78, 5) is 23.7. The molecule has 0 saturated carbocycles. The summed E-state index contributed by atoms with van der Waals surface area (Å²) in [5.41, 5.74) is 1.87. The molecule has 1 N–H and O–H groups in total. The van der Waals surface area contributed by atoms with Crippen LogP contribution in [0.2, 0.25) is 0 Å². The molecule has 1 aromatic heterocycles. The van der Waals surface area contributed by atoms with Crippen LogP contribution in [0, 0.1) is 11.8 Å². The maximum Gasteiger partial charge on any atom is 0.251 e. The van der Waals surface area contributed by atoms with Gasteiger partial charge in [-0.2, -0.15) is 0 Å². The molecule has 4 atom stereocenters. The van der Waals surface area contributed by atoms with Gasteiger partial charge in [0.2, 0.25) is 5.95 Å². The monoisotopic (exact) mass is 378 g/mol. The van der Waals surface area contributed by atoms with E-state index in [1.54, 1.807) is 12.4 Å². The number of rotatable bonds is 5. The molecule has 3 fully saturated rings. The zero-order valence-electron chi connectivity index (χ0n) is 16.2. The van der Waals surface area contributed by atoms with Gasteiger partial charge in [0.1, 0.15) is 0 Å². The third-order valence-electron chi connectivity index (χ3n) is 6.74. The molecule has 146 valence electrons. The fraction of sp³-hybridized carbons (Fsp3) is 0.500. The van der Waals surface area contributed by atoms with Crippen LogP contribution >= 0.6 is 0 Å². The lowest BCUT2D eigenvalue weighted by Gasteiger charge is -2.29. The second-order valence-corrected chi connectivity index (χ2v) is 8.22. The summed E-state index contributed by atoms with van der Waals surface area (Å²) in [6.07, 6.45) is 6.97. The lowest BCUT2D eigenvalue weighted by Crippen LogP contribution is -2.41. The van der Waals surface area contributed by atoms with Crippen molar-refractivity contribution >= 4 is 11.9 Å². The van der Waals surface area contributed by atoms with Crippen LogP contribution in [-0.2, 0) is 11.2 Å². The SMILES string of the molecule is CCc1ccc(C(=O)NC[C@H]2[C@H]3CN(c4ncccn4)C[C@]34CC[C@H]2O4)cc1. The van der Waals surface area contributed by atoms with Gasteiger partial charge >= 0.3 is 0 Å².